The molecule has 0 fully saturated rings. The maximum atomic E-state index is 13.3. The second kappa shape index (κ2) is 9.09. The minimum absolute atomic E-state index is 0.00897. The third-order valence-electron chi connectivity index (χ3n) is 5.65. The highest BCUT2D eigenvalue weighted by Gasteiger charge is 2.33. The van der Waals surface area contributed by atoms with Gasteiger partial charge in [0, 0.05) is 13.1 Å². The number of hydrogen-bond donors (Lipinski definition) is 2. The van der Waals surface area contributed by atoms with E-state index >= 15 is 0 Å². The van der Waals surface area contributed by atoms with Crippen molar-refractivity contribution < 1.29 is 27.5 Å². The highest BCUT2D eigenvalue weighted by molar-refractivity contribution is 7.89. The summed E-state index contributed by atoms with van der Waals surface area (Å²) in [6, 6.07) is 16.1. The van der Waals surface area contributed by atoms with Gasteiger partial charge in [-0.3, -0.25) is 20.4 Å². The molecule has 176 valence electrons. The van der Waals surface area contributed by atoms with Crippen molar-refractivity contribution >= 4 is 33.2 Å². The molecule has 1 unspecified atom stereocenters. The highest BCUT2D eigenvalue weighted by atomic mass is 32.2. The van der Waals surface area contributed by atoms with Crippen LogP contribution in [0.4, 0.5) is 0 Å². The molecule has 2 aromatic carbocycles. The second-order valence-electron chi connectivity index (χ2n) is 7.78. The molecule has 1 aromatic heterocycles. The van der Waals surface area contributed by atoms with Gasteiger partial charge in [0.15, 0.2) is 11.5 Å². The second-order valence-corrected chi connectivity index (χ2v) is 10.6. The first-order chi connectivity index (χ1) is 16.4. The van der Waals surface area contributed by atoms with Crippen molar-refractivity contribution in [3.8, 4) is 11.5 Å². The average Bonchev–Trinajstić information content (AvgIpc) is 3.37. The zero-order valence-electron chi connectivity index (χ0n) is 17.9. The van der Waals surface area contributed by atoms with Crippen LogP contribution in [0.3, 0.4) is 0 Å². The molecule has 0 aliphatic carbocycles. The number of para-hydroxylation sites is 2. The van der Waals surface area contributed by atoms with Crippen molar-refractivity contribution in [2.75, 3.05) is 13.2 Å². The predicted octanol–water partition coefficient (Wildman–Crippen LogP) is 2.10. The molecule has 1 atom stereocenters. The van der Waals surface area contributed by atoms with E-state index in [1.807, 2.05) is 24.3 Å². The number of nitrogens with zero attached hydrogens (tertiary/aromatic N) is 1. The van der Waals surface area contributed by atoms with Crippen molar-refractivity contribution in [3.05, 3.63) is 76.0 Å². The zero-order valence-corrected chi connectivity index (χ0v) is 19.5. The van der Waals surface area contributed by atoms with Gasteiger partial charge in [-0.15, -0.1) is 11.3 Å². The van der Waals surface area contributed by atoms with Crippen molar-refractivity contribution in [1.29, 1.82) is 0 Å². The Morgan fingerprint density at radius 1 is 0.971 bits per heavy atom. The van der Waals surface area contributed by atoms with Crippen LogP contribution in [0.5, 0.6) is 11.5 Å². The Kier molecular flexibility index (Phi) is 5.98. The van der Waals surface area contributed by atoms with Gasteiger partial charge in [0.1, 0.15) is 16.4 Å². The number of rotatable bonds is 4. The number of nitrogens with one attached hydrogen (secondary N) is 2. The molecule has 2 aliphatic rings. The Morgan fingerprint density at radius 2 is 1.71 bits per heavy atom. The van der Waals surface area contributed by atoms with E-state index in [0.29, 0.717) is 24.5 Å². The summed E-state index contributed by atoms with van der Waals surface area (Å²) in [4.78, 5) is 25.1. The van der Waals surface area contributed by atoms with E-state index in [1.54, 1.807) is 24.3 Å². The van der Waals surface area contributed by atoms with E-state index in [2.05, 4.69) is 10.9 Å². The lowest BCUT2D eigenvalue weighted by molar-refractivity contribution is -0.131. The fraction of sp³-hybridized carbons (Fsp3) is 0.217. The summed E-state index contributed by atoms with van der Waals surface area (Å²) in [6.07, 6.45) is -0.362. The van der Waals surface area contributed by atoms with Crippen molar-refractivity contribution in [3.63, 3.8) is 0 Å². The monoisotopic (exact) mass is 499 g/mol. The molecule has 0 spiro atoms. The van der Waals surface area contributed by atoms with E-state index in [0.717, 1.165) is 22.5 Å². The lowest BCUT2D eigenvalue weighted by atomic mass is 10.0. The molecular weight excluding hydrogens is 478 g/mol. The van der Waals surface area contributed by atoms with Gasteiger partial charge >= 0.3 is 0 Å². The molecule has 0 saturated heterocycles. The van der Waals surface area contributed by atoms with Crippen LogP contribution in [-0.4, -0.2) is 43.8 Å². The van der Waals surface area contributed by atoms with Crippen LogP contribution < -0.4 is 20.3 Å². The fourth-order valence-corrected chi connectivity index (χ4v) is 6.60. The van der Waals surface area contributed by atoms with Crippen LogP contribution in [-0.2, 0) is 27.8 Å². The first-order valence-corrected chi connectivity index (χ1v) is 12.9. The lowest BCUT2D eigenvalue weighted by Gasteiger charge is -2.28. The van der Waals surface area contributed by atoms with Crippen molar-refractivity contribution in [1.82, 2.24) is 15.2 Å². The summed E-state index contributed by atoms with van der Waals surface area (Å²) >= 11 is 0.987. The minimum Gasteiger partial charge on any atom is -0.485 e. The third-order valence-corrected chi connectivity index (χ3v) is 8.58. The van der Waals surface area contributed by atoms with E-state index < -0.39 is 27.9 Å². The zero-order chi connectivity index (χ0) is 23.7. The summed E-state index contributed by atoms with van der Waals surface area (Å²) in [5.41, 5.74) is 6.66. The van der Waals surface area contributed by atoms with Gasteiger partial charge in [0.2, 0.25) is 16.1 Å². The summed E-state index contributed by atoms with van der Waals surface area (Å²) in [7, 11) is -3.90. The molecule has 2 aliphatic heterocycles. The highest BCUT2D eigenvalue weighted by Crippen LogP contribution is 2.31. The molecule has 5 rings (SSSR count). The van der Waals surface area contributed by atoms with Crippen LogP contribution in [0.2, 0.25) is 0 Å². The number of carbonyl (C=O) groups excluding carboxylic acids is 2. The normalized spacial score (nSPS) is 17.5. The van der Waals surface area contributed by atoms with Crippen LogP contribution in [0.15, 0.2) is 64.9 Å². The summed E-state index contributed by atoms with van der Waals surface area (Å²) in [5, 5.41) is 1.54. The van der Waals surface area contributed by atoms with E-state index in [4.69, 9.17) is 9.47 Å². The Morgan fingerprint density at radius 3 is 2.53 bits per heavy atom. The van der Waals surface area contributed by atoms with E-state index in [-0.39, 0.29) is 22.9 Å². The largest absolute Gasteiger partial charge is 0.485 e. The molecule has 11 heteroatoms. The number of sulfonamides is 1. The Labute approximate surface area is 200 Å². The van der Waals surface area contributed by atoms with E-state index in [9.17, 15) is 18.0 Å². The quantitative estimate of drug-likeness (QED) is 0.532. The molecule has 2 N–H and O–H groups in total. The molecular formula is C23H21N3O6S2. The Hall–Kier alpha value is -3.41. The predicted molar refractivity (Wildman–Crippen MR) is 124 cm³/mol. The first-order valence-electron chi connectivity index (χ1n) is 10.6. The van der Waals surface area contributed by atoms with Gasteiger partial charge in [-0.25, -0.2) is 8.42 Å². The van der Waals surface area contributed by atoms with Crippen LogP contribution in [0.25, 0.3) is 0 Å². The number of fused-ring (bicyclic) bond motifs is 2. The lowest BCUT2D eigenvalue weighted by Crippen LogP contribution is -2.51. The van der Waals surface area contributed by atoms with Crippen LogP contribution in [0, 0.1) is 0 Å². The van der Waals surface area contributed by atoms with Gasteiger partial charge in [0.25, 0.3) is 11.8 Å². The van der Waals surface area contributed by atoms with Gasteiger partial charge in [-0.2, -0.15) is 4.31 Å². The van der Waals surface area contributed by atoms with Crippen molar-refractivity contribution in [2.24, 2.45) is 0 Å². The van der Waals surface area contributed by atoms with Gasteiger partial charge in [-0.1, -0.05) is 36.4 Å². The molecule has 2 amide bonds. The number of hydrogen-bond acceptors (Lipinski definition) is 7. The third kappa shape index (κ3) is 4.25. The summed E-state index contributed by atoms with van der Waals surface area (Å²) in [5.74, 6) is -0.382. The topological polar surface area (TPSA) is 114 Å². The standard InChI is InChI=1S/C23H21N3O6S2/c27-22(19-14-31-17-7-3-4-8-18(17)32-19)24-25-23(28)21-20(10-12-33-21)34(29,30)26-11-9-15-5-1-2-6-16(15)13-26/h1-8,10,12,19H,9,11,13-14H2,(H,24,27)(H,25,28). The molecule has 0 radical (unpaired) electrons. The number of thiophene rings is 1. The molecule has 9 nitrogen and oxygen atoms in total. The maximum Gasteiger partial charge on any atom is 0.283 e. The van der Waals surface area contributed by atoms with Gasteiger partial charge in [-0.05, 0) is 41.1 Å². The number of hydrazine groups is 1. The van der Waals surface area contributed by atoms with Crippen molar-refractivity contribution in [2.45, 2.75) is 24.0 Å². The minimum atomic E-state index is -3.90. The Bertz CT molecular complexity index is 1350. The molecule has 0 bridgehead atoms. The molecule has 3 aromatic rings. The summed E-state index contributed by atoms with van der Waals surface area (Å²) in [6.45, 7) is 0.550. The number of ether oxygens (including phenoxy) is 2. The first kappa shape index (κ1) is 22.4. The molecule has 34 heavy (non-hydrogen) atoms. The number of carbonyl (C=O) groups is 2. The molecule has 0 saturated carbocycles. The molecule has 3 heterocycles. The Balaban J connectivity index is 1.25. The fourth-order valence-electron chi connectivity index (χ4n) is 3.88. The van der Waals surface area contributed by atoms with Gasteiger partial charge in [0.05, 0.1) is 0 Å². The SMILES string of the molecule is O=C(NNC(=O)C1COc2ccccc2O1)c1sccc1S(=O)(=O)N1CCc2ccccc2C1. The van der Waals surface area contributed by atoms with Gasteiger partial charge < -0.3 is 9.47 Å². The summed E-state index contributed by atoms with van der Waals surface area (Å²) < 4.78 is 39.1. The smallest absolute Gasteiger partial charge is 0.283 e. The average molecular weight is 500 g/mol. The number of amides is 2. The van der Waals surface area contributed by atoms with Crippen LogP contribution >= 0.6 is 11.3 Å². The maximum absolute atomic E-state index is 13.3. The van der Waals surface area contributed by atoms with Crippen LogP contribution in [0.1, 0.15) is 20.8 Å². The number of benzene rings is 2. The van der Waals surface area contributed by atoms with E-state index in [1.165, 1.54) is 15.8 Å².